The van der Waals surface area contributed by atoms with E-state index in [1.165, 1.54) is 19.1 Å². The molecule has 1 aromatic carbocycles. The Hall–Kier alpha value is -1.99. The molecule has 0 atom stereocenters. The van der Waals surface area contributed by atoms with Crippen LogP contribution in [0.5, 0.6) is 0 Å². The number of nitrogens with zero attached hydrogens (tertiary/aromatic N) is 1. The summed E-state index contributed by atoms with van der Waals surface area (Å²) in [5.74, 6) is -2.59. The summed E-state index contributed by atoms with van der Waals surface area (Å²) >= 11 is 6.50. The Kier molecular flexibility index (Phi) is 4.01. The van der Waals surface area contributed by atoms with Crippen LogP contribution >= 0.6 is 22.9 Å². The van der Waals surface area contributed by atoms with E-state index in [4.69, 9.17) is 16.7 Å². The summed E-state index contributed by atoms with van der Waals surface area (Å²) in [5.41, 5.74) is 0.0478. The summed E-state index contributed by atoms with van der Waals surface area (Å²) in [7, 11) is 0. The maximum absolute atomic E-state index is 13.5. The number of thiazole rings is 1. The zero-order valence-electron chi connectivity index (χ0n) is 10.1. The van der Waals surface area contributed by atoms with Gasteiger partial charge in [0.25, 0.3) is 5.91 Å². The number of halogens is 2. The minimum Gasteiger partial charge on any atom is -0.477 e. The van der Waals surface area contributed by atoms with Gasteiger partial charge in [0.05, 0.1) is 11.3 Å². The van der Waals surface area contributed by atoms with Crippen LogP contribution in [-0.4, -0.2) is 22.0 Å². The monoisotopic (exact) mass is 314 g/mol. The van der Waals surface area contributed by atoms with Crippen molar-refractivity contribution in [2.75, 3.05) is 5.32 Å². The summed E-state index contributed by atoms with van der Waals surface area (Å²) in [4.78, 5) is 26.7. The quantitative estimate of drug-likeness (QED) is 0.911. The molecule has 0 spiro atoms. The van der Waals surface area contributed by atoms with E-state index in [0.717, 1.165) is 17.4 Å². The maximum Gasteiger partial charge on any atom is 0.347 e. The molecule has 0 aliphatic heterocycles. The number of benzene rings is 1. The molecule has 1 aromatic heterocycles. The Labute approximate surface area is 122 Å². The number of nitrogens with one attached hydrogen (secondary N) is 1. The fraction of sp³-hybridized carbons (Fsp3) is 0.0833. The standard InChI is InChI=1S/C12H8ClFN2O3S/c1-5-9(11(18)19)20-12(15-5)16-10(17)7-4-6(13)2-3-8(7)14/h2-4H,1H3,(H,18,19)(H,15,16,17). The molecule has 20 heavy (non-hydrogen) atoms. The molecule has 2 aromatic rings. The highest BCUT2D eigenvalue weighted by Gasteiger charge is 2.18. The van der Waals surface area contributed by atoms with E-state index < -0.39 is 17.7 Å². The number of carbonyl (C=O) groups is 2. The van der Waals surface area contributed by atoms with Gasteiger partial charge >= 0.3 is 5.97 Å². The lowest BCUT2D eigenvalue weighted by Gasteiger charge is -2.03. The summed E-state index contributed by atoms with van der Waals surface area (Å²) in [6, 6.07) is 3.58. The van der Waals surface area contributed by atoms with Crippen LogP contribution in [0.15, 0.2) is 18.2 Å². The minimum absolute atomic E-state index is 0.0202. The molecular weight excluding hydrogens is 307 g/mol. The average Bonchev–Trinajstić information content (AvgIpc) is 2.73. The largest absolute Gasteiger partial charge is 0.477 e. The number of hydrogen-bond acceptors (Lipinski definition) is 4. The van der Waals surface area contributed by atoms with Crippen LogP contribution in [0.3, 0.4) is 0 Å². The first-order valence-electron chi connectivity index (χ1n) is 5.35. The summed E-state index contributed by atoms with van der Waals surface area (Å²) in [6.45, 7) is 1.51. The molecule has 0 aliphatic carbocycles. The van der Waals surface area contributed by atoms with Crippen LogP contribution < -0.4 is 5.32 Å². The molecule has 0 fully saturated rings. The highest BCUT2D eigenvalue weighted by atomic mass is 35.5. The van der Waals surface area contributed by atoms with E-state index in [-0.39, 0.29) is 26.3 Å². The van der Waals surface area contributed by atoms with Gasteiger partial charge in [-0.25, -0.2) is 14.2 Å². The molecule has 5 nitrogen and oxygen atoms in total. The van der Waals surface area contributed by atoms with Crippen molar-refractivity contribution in [1.29, 1.82) is 0 Å². The Balaban J connectivity index is 2.26. The molecule has 0 saturated carbocycles. The number of aromatic carboxylic acids is 1. The van der Waals surface area contributed by atoms with E-state index in [1.54, 1.807) is 0 Å². The predicted molar refractivity (Wildman–Crippen MR) is 73.2 cm³/mol. The predicted octanol–water partition coefficient (Wildman–Crippen LogP) is 3.19. The van der Waals surface area contributed by atoms with Gasteiger partial charge in [-0.05, 0) is 25.1 Å². The zero-order chi connectivity index (χ0) is 14.9. The third kappa shape index (κ3) is 2.94. The normalized spacial score (nSPS) is 10.3. The highest BCUT2D eigenvalue weighted by molar-refractivity contribution is 7.17. The number of aryl methyl sites for hydroxylation is 1. The van der Waals surface area contributed by atoms with Gasteiger partial charge in [0.2, 0.25) is 0 Å². The number of rotatable bonds is 3. The van der Waals surface area contributed by atoms with Gasteiger partial charge in [-0.1, -0.05) is 22.9 Å². The Bertz CT molecular complexity index is 702. The van der Waals surface area contributed by atoms with Crippen LogP contribution in [0, 0.1) is 12.7 Å². The third-order valence-corrected chi connectivity index (χ3v) is 3.68. The zero-order valence-corrected chi connectivity index (χ0v) is 11.7. The second-order valence-corrected chi connectivity index (χ2v) is 5.25. The van der Waals surface area contributed by atoms with Crippen molar-refractivity contribution in [3.8, 4) is 0 Å². The molecule has 0 radical (unpaired) electrons. The number of carbonyl (C=O) groups excluding carboxylic acids is 1. The van der Waals surface area contributed by atoms with E-state index in [9.17, 15) is 14.0 Å². The van der Waals surface area contributed by atoms with Gasteiger partial charge in [-0.2, -0.15) is 0 Å². The van der Waals surface area contributed by atoms with Crippen molar-refractivity contribution in [2.24, 2.45) is 0 Å². The molecule has 2 N–H and O–H groups in total. The summed E-state index contributed by atoms with van der Waals surface area (Å²) < 4.78 is 13.5. The number of carboxylic acids is 1. The lowest BCUT2D eigenvalue weighted by Crippen LogP contribution is -2.13. The molecule has 1 heterocycles. The van der Waals surface area contributed by atoms with E-state index >= 15 is 0 Å². The molecule has 0 aliphatic rings. The first-order valence-corrected chi connectivity index (χ1v) is 6.55. The smallest absolute Gasteiger partial charge is 0.347 e. The molecule has 1 amide bonds. The van der Waals surface area contributed by atoms with Crippen LogP contribution in [0.2, 0.25) is 5.02 Å². The van der Waals surface area contributed by atoms with Crippen LogP contribution in [0.4, 0.5) is 9.52 Å². The average molecular weight is 315 g/mol. The van der Waals surface area contributed by atoms with Gasteiger partial charge in [-0.3, -0.25) is 10.1 Å². The van der Waals surface area contributed by atoms with Crippen molar-refractivity contribution < 1.29 is 19.1 Å². The first-order chi connectivity index (χ1) is 9.38. The fourth-order valence-electron chi connectivity index (χ4n) is 1.48. The Morgan fingerprint density at radius 3 is 2.75 bits per heavy atom. The summed E-state index contributed by atoms with van der Waals surface area (Å²) in [5, 5.41) is 11.5. The second kappa shape index (κ2) is 5.56. The van der Waals surface area contributed by atoms with E-state index in [2.05, 4.69) is 10.3 Å². The minimum atomic E-state index is -1.13. The number of aromatic nitrogens is 1. The SMILES string of the molecule is Cc1nc(NC(=O)c2cc(Cl)ccc2F)sc1C(=O)O. The highest BCUT2D eigenvalue weighted by Crippen LogP contribution is 2.23. The van der Waals surface area contributed by atoms with Gasteiger partial charge in [0, 0.05) is 5.02 Å². The van der Waals surface area contributed by atoms with Crippen LogP contribution in [0.1, 0.15) is 25.7 Å². The Morgan fingerprint density at radius 1 is 1.45 bits per heavy atom. The maximum atomic E-state index is 13.5. The van der Waals surface area contributed by atoms with Crippen molar-refractivity contribution in [2.45, 2.75) is 6.92 Å². The van der Waals surface area contributed by atoms with E-state index in [0.29, 0.717) is 0 Å². The van der Waals surface area contributed by atoms with Crippen LogP contribution in [-0.2, 0) is 0 Å². The topological polar surface area (TPSA) is 79.3 Å². The first kappa shape index (κ1) is 14.4. The van der Waals surface area contributed by atoms with Crippen molar-refractivity contribution in [3.05, 3.63) is 45.2 Å². The van der Waals surface area contributed by atoms with Crippen LogP contribution in [0.25, 0.3) is 0 Å². The number of hydrogen-bond donors (Lipinski definition) is 2. The molecule has 0 unspecified atom stereocenters. The van der Waals surface area contributed by atoms with Crippen molar-refractivity contribution in [1.82, 2.24) is 4.98 Å². The van der Waals surface area contributed by atoms with Gasteiger partial charge in [-0.15, -0.1) is 0 Å². The van der Waals surface area contributed by atoms with Crippen molar-refractivity contribution in [3.63, 3.8) is 0 Å². The second-order valence-electron chi connectivity index (χ2n) is 3.82. The lowest BCUT2D eigenvalue weighted by molar-refractivity contribution is 0.0701. The molecule has 0 bridgehead atoms. The third-order valence-electron chi connectivity index (χ3n) is 2.38. The molecule has 8 heteroatoms. The molecule has 104 valence electrons. The molecular formula is C12H8ClFN2O3S. The van der Waals surface area contributed by atoms with E-state index in [1.807, 2.05) is 0 Å². The lowest BCUT2D eigenvalue weighted by atomic mass is 10.2. The van der Waals surface area contributed by atoms with Gasteiger partial charge in [0.15, 0.2) is 5.13 Å². The van der Waals surface area contributed by atoms with Gasteiger partial charge < -0.3 is 5.11 Å². The summed E-state index contributed by atoms with van der Waals surface area (Å²) in [6.07, 6.45) is 0. The molecule has 0 saturated heterocycles. The van der Waals surface area contributed by atoms with Gasteiger partial charge in [0.1, 0.15) is 10.7 Å². The number of amides is 1. The Morgan fingerprint density at radius 2 is 2.15 bits per heavy atom. The number of carboxylic acid groups (broad SMARTS) is 1. The number of anilines is 1. The fourth-order valence-corrected chi connectivity index (χ4v) is 2.46. The van der Waals surface area contributed by atoms with Crippen molar-refractivity contribution >= 4 is 39.9 Å². The molecule has 2 rings (SSSR count).